The van der Waals surface area contributed by atoms with E-state index in [2.05, 4.69) is 15.0 Å². The Morgan fingerprint density at radius 2 is 1.95 bits per heavy atom. The summed E-state index contributed by atoms with van der Waals surface area (Å²) in [6, 6.07) is 9.23. The van der Waals surface area contributed by atoms with Crippen molar-refractivity contribution in [1.82, 2.24) is 10.3 Å². The maximum Gasteiger partial charge on any atom is 0.387 e. The second kappa shape index (κ2) is 7.35. The van der Waals surface area contributed by atoms with Gasteiger partial charge in [-0.3, -0.25) is 4.79 Å². The van der Waals surface area contributed by atoms with Gasteiger partial charge in [-0.2, -0.15) is 8.78 Å². The smallest absolute Gasteiger partial charge is 0.387 e. The first kappa shape index (κ1) is 15.7. The molecule has 0 aliphatic rings. The second-order valence-corrected chi connectivity index (χ2v) is 4.29. The highest BCUT2D eigenvalue weighted by molar-refractivity contribution is 5.93. The zero-order valence-electron chi connectivity index (χ0n) is 11.8. The van der Waals surface area contributed by atoms with Crippen LogP contribution in [0.5, 0.6) is 11.6 Å². The molecule has 5 nitrogen and oxygen atoms in total. The summed E-state index contributed by atoms with van der Waals surface area (Å²) in [6.07, 6.45) is 1.41. The van der Waals surface area contributed by atoms with Crippen LogP contribution in [0.3, 0.4) is 0 Å². The summed E-state index contributed by atoms with van der Waals surface area (Å²) in [5.41, 5.74) is 1.16. The number of carbonyl (C=O) groups excluding carboxylic acids is 1. The fourth-order valence-electron chi connectivity index (χ4n) is 1.71. The normalized spacial score (nSPS) is 10.4. The van der Waals surface area contributed by atoms with Crippen LogP contribution < -0.4 is 14.8 Å². The van der Waals surface area contributed by atoms with Crippen LogP contribution in [0.2, 0.25) is 0 Å². The molecule has 1 aromatic heterocycles. The Balaban J connectivity index is 1.90. The molecule has 0 saturated carbocycles. The van der Waals surface area contributed by atoms with Gasteiger partial charge in [0.05, 0.1) is 12.7 Å². The maximum absolute atomic E-state index is 12.0. The first-order valence-corrected chi connectivity index (χ1v) is 6.40. The molecule has 0 atom stereocenters. The van der Waals surface area contributed by atoms with E-state index in [-0.39, 0.29) is 18.2 Å². The van der Waals surface area contributed by atoms with E-state index in [1.807, 2.05) is 0 Å². The number of carbonyl (C=O) groups is 1. The molecule has 7 heteroatoms. The van der Waals surface area contributed by atoms with Crippen molar-refractivity contribution in [3.63, 3.8) is 0 Å². The fourth-order valence-corrected chi connectivity index (χ4v) is 1.71. The van der Waals surface area contributed by atoms with E-state index in [9.17, 15) is 13.6 Å². The van der Waals surface area contributed by atoms with E-state index in [0.29, 0.717) is 11.4 Å². The summed E-state index contributed by atoms with van der Waals surface area (Å²) in [5.74, 6) is 0.207. The monoisotopic (exact) mass is 308 g/mol. The number of alkyl halides is 2. The lowest BCUT2D eigenvalue weighted by Gasteiger charge is -2.07. The highest BCUT2D eigenvalue weighted by atomic mass is 19.3. The van der Waals surface area contributed by atoms with Crippen LogP contribution >= 0.6 is 0 Å². The van der Waals surface area contributed by atoms with Crippen molar-refractivity contribution < 1.29 is 23.0 Å². The van der Waals surface area contributed by atoms with E-state index in [1.165, 1.54) is 25.4 Å². The Morgan fingerprint density at radius 3 is 2.50 bits per heavy atom. The van der Waals surface area contributed by atoms with Crippen molar-refractivity contribution in [3.8, 4) is 11.6 Å². The lowest BCUT2D eigenvalue weighted by Crippen LogP contribution is -2.22. The van der Waals surface area contributed by atoms with Gasteiger partial charge in [0.25, 0.3) is 5.91 Å². The van der Waals surface area contributed by atoms with Gasteiger partial charge in [-0.15, -0.1) is 0 Å². The lowest BCUT2D eigenvalue weighted by molar-refractivity contribution is -0.0498. The Hall–Kier alpha value is -2.70. The number of rotatable bonds is 6. The maximum atomic E-state index is 12.0. The molecule has 0 saturated heterocycles. The van der Waals surface area contributed by atoms with Crippen molar-refractivity contribution in [2.75, 3.05) is 7.11 Å². The second-order valence-electron chi connectivity index (χ2n) is 4.29. The van der Waals surface area contributed by atoms with Gasteiger partial charge in [0, 0.05) is 18.8 Å². The van der Waals surface area contributed by atoms with Gasteiger partial charge in [0.1, 0.15) is 5.75 Å². The third-order valence-electron chi connectivity index (χ3n) is 2.81. The van der Waals surface area contributed by atoms with Crippen LogP contribution in [0, 0.1) is 0 Å². The molecule has 2 aromatic rings. The number of hydrogen-bond donors (Lipinski definition) is 1. The van der Waals surface area contributed by atoms with Crippen LogP contribution in [0.25, 0.3) is 0 Å². The van der Waals surface area contributed by atoms with E-state index in [1.54, 1.807) is 24.3 Å². The molecule has 0 aliphatic heterocycles. The van der Waals surface area contributed by atoms with Crippen molar-refractivity contribution >= 4 is 5.91 Å². The van der Waals surface area contributed by atoms with Gasteiger partial charge in [-0.05, 0) is 23.8 Å². The van der Waals surface area contributed by atoms with Crippen molar-refractivity contribution in [2.24, 2.45) is 0 Å². The molecule has 0 unspecified atom stereocenters. The molecule has 22 heavy (non-hydrogen) atoms. The zero-order chi connectivity index (χ0) is 15.9. The summed E-state index contributed by atoms with van der Waals surface area (Å²) in [6.45, 7) is -2.59. The summed E-state index contributed by atoms with van der Waals surface area (Å²) in [5, 5.41) is 2.70. The van der Waals surface area contributed by atoms with Gasteiger partial charge in [0.2, 0.25) is 5.88 Å². The summed E-state index contributed by atoms with van der Waals surface area (Å²) in [4.78, 5) is 15.9. The number of methoxy groups -OCH3 is 1. The first-order valence-electron chi connectivity index (χ1n) is 6.40. The minimum absolute atomic E-state index is 0.0735. The molecule has 1 aromatic carbocycles. The molecule has 2 rings (SSSR count). The number of benzene rings is 1. The Labute approximate surface area is 125 Å². The van der Waals surface area contributed by atoms with Crippen LogP contribution in [-0.2, 0) is 6.54 Å². The molecular formula is C15H14F2N2O3. The van der Waals surface area contributed by atoms with Crippen LogP contribution in [0.1, 0.15) is 15.9 Å². The van der Waals surface area contributed by atoms with E-state index in [0.717, 1.165) is 5.56 Å². The standard InChI is InChI=1S/C15H14F2N2O3/c1-21-13-7-4-11(9-18-13)14(20)19-8-10-2-5-12(6-3-10)22-15(16)17/h2-7,9,15H,8H2,1H3,(H,19,20). The fraction of sp³-hybridized carbons (Fsp3) is 0.200. The molecule has 0 bridgehead atoms. The zero-order valence-corrected chi connectivity index (χ0v) is 11.8. The molecular weight excluding hydrogens is 294 g/mol. The highest BCUT2D eigenvalue weighted by Gasteiger charge is 2.07. The first-order chi connectivity index (χ1) is 10.6. The van der Waals surface area contributed by atoms with Crippen molar-refractivity contribution in [1.29, 1.82) is 0 Å². The molecule has 116 valence electrons. The van der Waals surface area contributed by atoms with E-state index >= 15 is 0 Å². The van der Waals surface area contributed by atoms with E-state index < -0.39 is 6.61 Å². The average Bonchev–Trinajstić information content (AvgIpc) is 2.53. The predicted molar refractivity (Wildman–Crippen MR) is 75.0 cm³/mol. The molecule has 0 radical (unpaired) electrons. The minimum atomic E-state index is -2.85. The molecule has 1 heterocycles. The molecule has 0 spiro atoms. The molecule has 0 aliphatic carbocycles. The van der Waals surface area contributed by atoms with Gasteiger partial charge >= 0.3 is 6.61 Å². The quantitative estimate of drug-likeness (QED) is 0.891. The van der Waals surface area contributed by atoms with Gasteiger partial charge < -0.3 is 14.8 Å². The minimum Gasteiger partial charge on any atom is -0.481 e. The average molecular weight is 308 g/mol. The number of pyridine rings is 1. The van der Waals surface area contributed by atoms with Gasteiger partial charge in [-0.1, -0.05) is 12.1 Å². The van der Waals surface area contributed by atoms with Gasteiger partial charge in [0.15, 0.2) is 0 Å². The molecule has 1 N–H and O–H groups in total. The third-order valence-corrected chi connectivity index (χ3v) is 2.81. The SMILES string of the molecule is COc1ccc(C(=O)NCc2ccc(OC(F)F)cc2)cn1. The summed E-state index contributed by atoms with van der Waals surface area (Å²) >= 11 is 0. The number of ether oxygens (including phenoxy) is 2. The van der Waals surface area contributed by atoms with E-state index in [4.69, 9.17) is 4.74 Å². The number of hydrogen-bond acceptors (Lipinski definition) is 4. The summed E-state index contributed by atoms with van der Waals surface area (Å²) in [7, 11) is 1.49. The Morgan fingerprint density at radius 1 is 1.23 bits per heavy atom. The Kier molecular flexibility index (Phi) is 5.24. The van der Waals surface area contributed by atoms with Crippen LogP contribution in [0.4, 0.5) is 8.78 Å². The number of amides is 1. The molecule has 0 fully saturated rings. The largest absolute Gasteiger partial charge is 0.481 e. The number of halogens is 2. The van der Waals surface area contributed by atoms with Crippen LogP contribution in [0.15, 0.2) is 42.6 Å². The topological polar surface area (TPSA) is 60.5 Å². The number of nitrogens with zero attached hydrogens (tertiary/aromatic N) is 1. The number of aromatic nitrogens is 1. The predicted octanol–water partition coefficient (Wildman–Crippen LogP) is 2.62. The highest BCUT2D eigenvalue weighted by Crippen LogP contribution is 2.15. The Bertz CT molecular complexity index is 616. The van der Waals surface area contributed by atoms with Crippen molar-refractivity contribution in [3.05, 3.63) is 53.7 Å². The number of nitrogens with one attached hydrogen (secondary N) is 1. The lowest BCUT2D eigenvalue weighted by atomic mass is 10.2. The van der Waals surface area contributed by atoms with Crippen LogP contribution in [-0.4, -0.2) is 24.6 Å². The van der Waals surface area contributed by atoms with Gasteiger partial charge in [-0.25, -0.2) is 4.98 Å². The third kappa shape index (κ3) is 4.41. The molecule has 1 amide bonds. The summed E-state index contributed by atoms with van der Waals surface area (Å²) < 4.78 is 33.2. The van der Waals surface area contributed by atoms with Crippen molar-refractivity contribution in [2.45, 2.75) is 13.2 Å².